The second kappa shape index (κ2) is 45.0. The van der Waals surface area contributed by atoms with Crippen molar-refractivity contribution in [2.75, 3.05) is 6.61 Å². The molecule has 0 unspecified atom stereocenters. The summed E-state index contributed by atoms with van der Waals surface area (Å²) in [5.41, 5.74) is 20.9. The van der Waals surface area contributed by atoms with E-state index in [1.807, 2.05) is 6.08 Å². The topological polar surface area (TPSA) is 20.2 Å². The number of aliphatic hydroxyl groups excluding tert-OH is 1. The van der Waals surface area contributed by atoms with E-state index in [1.54, 1.807) is 0 Å². The van der Waals surface area contributed by atoms with Crippen molar-refractivity contribution in [3.8, 4) is 0 Å². The van der Waals surface area contributed by atoms with Crippen molar-refractivity contribution in [2.45, 2.75) is 271 Å². The highest BCUT2D eigenvalue weighted by Crippen LogP contribution is 2.20. The molecule has 0 rings (SSSR count). The Balaban J connectivity index is 4.31. The molecule has 0 aliphatic carbocycles. The molecule has 1 nitrogen and oxygen atoms in total. The number of rotatable bonds is 40. The predicted molar refractivity (Wildman–Crippen MR) is 325 cm³/mol. The maximum atomic E-state index is 9.01. The van der Waals surface area contributed by atoms with E-state index in [9.17, 15) is 0 Å². The average molecular weight is 972 g/mol. The van der Waals surface area contributed by atoms with Crippen LogP contribution in [0.1, 0.15) is 271 Å². The van der Waals surface area contributed by atoms with Gasteiger partial charge in [-0.2, -0.15) is 0 Å². The van der Waals surface area contributed by atoms with Crippen molar-refractivity contribution >= 4 is 0 Å². The molecule has 0 aromatic carbocycles. The molecule has 0 atom stereocenters. The van der Waals surface area contributed by atoms with Crippen molar-refractivity contribution in [2.24, 2.45) is 0 Å². The molecule has 0 aliphatic rings. The first-order valence-electron chi connectivity index (χ1n) is 28.7. The van der Waals surface area contributed by atoms with Gasteiger partial charge in [0.15, 0.2) is 0 Å². The van der Waals surface area contributed by atoms with Crippen LogP contribution >= 0.6 is 0 Å². The third-order valence-corrected chi connectivity index (χ3v) is 13.9. The first-order valence-corrected chi connectivity index (χ1v) is 28.7. The van der Waals surface area contributed by atoms with Crippen LogP contribution in [0.5, 0.6) is 0 Å². The zero-order valence-electron chi connectivity index (χ0n) is 49.6. The maximum absolute atomic E-state index is 9.01. The standard InChI is InChI=1S/C70H114O/c1-57(2)29-16-30-58(3)31-17-32-59(4)33-18-34-60(5)35-19-36-61(6)37-20-38-62(7)39-21-40-63(8)41-22-42-64(9)43-23-44-65(10)45-24-46-66(11)47-25-48-67(12)49-26-50-68(13)51-27-52-69(14)53-28-54-70(15)55-56-71/h29,31,33,35,37,39,41,43,45,47,49,51,53,55,71H,16-28,30,32,34,36,38,40,42,44,46,48,50,52,54,56H2,1-15H3/b58-31+,59-33+,60-35+,61-37-,62-39-,63-41-,64-43-,65-45-,66-47-,67-49-,68-51-,69-53-,70-55-. The van der Waals surface area contributed by atoms with Crippen LogP contribution in [-0.2, 0) is 0 Å². The van der Waals surface area contributed by atoms with E-state index in [-0.39, 0.29) is 6.61 Å². The number of hydrogen-bond donors (Lipinski definition) is 1. The fourth-order valence-corrected chi connectivity index (χ4v) is 8.63. The van der Waals surface area contributed by atoms with Gasteiger partial charge in [0.05, 0.1) is 6.61 Å². The SMILES string of the molecule is CC(C)=CCC/C(C)=C/CC/C(C)=C/CC/C(C)=C/CC/C(C)=C\CC/C(C)=C\CC/C(C)=C\CC/C(C)=C\CC/C(C)=C\CC/C(C)=C\CC/C(C)=C\CC/C(C)=C\CC/C(C)=C\CC/C(C)=C\CO. The maximum Gasteiger partial charge on any atom is 0.0614 e. The van der Waals surface area contributed by atoms with Gasteiger partial charge >= 0.3 is 0 Å². The fourth-order valence-electron chi connectivity index (χ4n) is 8.63. The summed E-state index contributed by atoms with van der Waals surface area (Å²) in [5.74, 6) is 0. The van der Waals surface area contributed by atoms with Crippen molar-refractivity contribution < 1.29 is 5.11 Å². The Morgan fingerprint density at radius 3 is 0.408 bits per heavy atom. The highest BCUT2D eigenvalue weighted by Gasteiger charge is 2.00. The zero-order valence-corrected chi connectivity index (χ0v) is 49.6. The van der Waals surface area contributed by atoms with Gasteiger partial charge in [-0.1, -0.05) is 163 Å². The molecule has 400 valence electrons. The number of allylic oxidation sites excluding steroid dienone is 27. The Labute approximate surface area is 443 Å². The van der Waals surface area contributed by atoms with E-state index in [1.165, 1.54) is 149 Å². The lowest BCUT2D eigenvalue weighted by atomic mass is 10.0. The Kier molecular flexibility index (Phi) is 42.6. The van der Waals surface area contributed by atoms with Crippen LogP contribution in [0.3, 0.4) is 0 Å². The second-order valence-electron chi connectivity index (χ2n) is 22.1. The van der Waals surface area contributed by atoms with Gasteiger partial charge < -0.3 is 5.11 Å². The van der Waals surface area contributed by atoms with Crippen LogP contribution in [0.25, 0.3) is 0 Å². The summed E-state index contributed by atoms with van der Waals surface area (Å²) < 4.78 is 0. The summed E-state index contributed by atoms with van der Waals surface area (Å²) in [6, 6.07) is 0. The molecule has 1 heteroatoms. The van der Waals surface area contributed by atoms with Gasteiger partial charge in [-0.25, -0.2) is 0 Å². The lowest BCUT2D eigenvalue weighted by Crippen LogP contribution is -1.84. The molecule has 0 bridgehead atoms. The summed E-state index contributed by atoms with van der Waals surface area (Å²) in [7, 11) is 0. The first-order chi connectivity index (χ1) is 33.9. The van der Waals surface area contributed by atoms with Gasteiger partial charge in [0, 0.05) is 0 Å². The monoisotopic (exact) mass is 971 g/mol. The molecule has 0 aliphatic heterocycles. The Hall–Kier alpha value is -3.68. The van der Waals surface area contributed by atoms with Crippen LogP contribution in [0.2, 0.25) is 0 Å². The minimum Gasteiger partial charge on any atom is -0.392 e. The van der Waals surface area contributed by atoms with Gasteiger partial charge in [-0.3, -0.25) is 0 Å². The molecule has 71 heavy (non-hydrogen) atoms. The molecule has 0 fully saturated rings. The van der Waals surface area contributed by atoms with Crippen LogP contribution in [0.4, 0.5) is 0 Å². The second-order valence-corrected chi connectivity index (χ2v) is 22.1. The van der Waals surface area contributed by atoms with Crippen molar-refractivity contribution in [1.29, 1.82) is 0 Å². The Bertz CT molecular complexity index is 1900. The van der Waals surface area contributed by atoms with E-state index in [0.717, 1.165) is 96.3 Å². The predicted octanol–water partition coefficient (Wildman–Crippen LogP) is 23.4. The largest absolute Gasteiger partial charge is 0.392 e. The molecule has 1 N–H and O–H groups in total. The van der Waals surface area contributed by atoms with Crippen molar-refractivity contribution in [3.63, 3.8) is 0 Å². The molecule has 0 spiro atoms. The normalized spacial score (nSPS) is 15.1. The van der Waals surface area contributed by atoms with E-state index in [2.05, 4.69) is 183 Å². The van der Waals surface area contributed by atoms with Gasteiger partial charge in [-0.05, 0) is 271 Å². The highest BCUT2D eigenvalue weighted by atomic mass is 16.2. The molecular weight excluding hydrogens is 857 g/mol. The summed E-state index contributed by atoms with van der Waals surface area (Å²) in [4.78, 5) is 0. The first kappa shape index (κ1) is 67.3. The van der Waals surface area contributed by atoms with Crippen LogP contribution in [-0.4, -0.2) is 11.7 Å². The molecule has 0 aromatic heterocycles. The molecular formula is C70H114O. The van der Waals surface area contributed by atoms with Crippen LogP contribution in [0.15, 0.2) is 163 Å². The van der Waals surface area contributed by atoms with Crippen molar-refractivity contribution in [1.82, 2.24) is 0 Å². The molecule has 0 amide bonds. The lowest BCUT2D eigenvalue weighted by molar-refractivity contribution is 0.341. The Morgan fingerprint density at radius 1 is 0.183 bits per heavy atom. The molecule has 0 radical (unpaired) electrons. The quantitative estimate of drug-likeness (QED) is 0.0607. The Morgan fingerprint density at radius 2 is 0.296 bits per heavy atom. The van der Waals surface area contributed by atoms with E-state index in [0.29, 0.717) is 0 Å². The summed E-state index contributed by atoms with van der Waals surface area (Å²) >= 11 is 0. The summed E-state index contributed by atoms with van der Waals surface area (Å²) in [6.07, 6.45) is 63.7. The fraction of sp³-hybridized carbons (Fsp3) is 0.600. The summed E-state index contributed by atoms with van der Waals surface area (Å²) in [6.45, 7) is 34.2. The van der Waals surface area contributed by atoms with E-state index >= 15 is 0 Å². The average Bonchev–Trinajstić information content (AvgIpc) is 3.29. The van der Waals surface area contributed by atoms with Gasteiger partial charge in [0.25, 0.3) is 0 Å². The highest BCUT2D eigenvalue weighted by molar-refractivity contribution is 5.13. The van der Waals surface area contributed by atoms with Gasteiger partial charge in [0.2, 0.25) is 0 Å². The van der Waals surface area contributed by atoms with Crippen LogP contribution < -0.4 is 0 Å². The van der Waals surface area contributed by atoms with Crippen molar-refractivity contribution in [3.05, 3.63) is 163 Å². The number of aliphatic hydroxyl groups is 1. The van der Waals surface area contributed by atoms with Gasteiger partial charge in [0.1, 0.15) is 0 Å². The zero-order chi connectivity index (χ0) is 53.1. The van der Waals surface area contributed by atoms with Crippen LogP contribution in [0, 0.1) is 0 Å². The minimum absolute atomic E-state index is 0.148. The smallest absolute Gasteiger partial charge is 0.0614 e. The number of hydrogen-bond acceptors (Lipinski definition) is 1. The molecule has 0 aromatic rings. The third-order valence-electron chi connectivity index (χ3n) is 13.9. The lowest BCUT2D eigenvalue weighted by Gasteiger charge is -2.04. The summed E-state index contributed by atoms with van der Waals surface area (Å²) in [5, 5.41) is 9.01. The minimum atomic E-state index is 0.148. The van der Waals surface area contributed by atoms with E-state index < -0.39 is 0 Å². The molecule has 0 heterocycles. The van der Waals surface area contributed by atoms with Gasteiger partial charge in [-0.15, -0.1) is 0 Å². The van der Waals surface area contributed by atoms with E-state index in [4.69, 9.17) is 5.11 Å². The third kappa shape index (κ3) is 45.9. The molecule has 0 saturated carbocycles. The molecule has 0 saturated heterocycles.